The fraction of sp³-hybridized carbons (Fsp3) is 0.474. The molecule has 2 heteroatoms. The molecule has 0 heterocycles. The molecule has 0 amide bonds. The van der Waals surface area contributed by atoms with Crippen LogP contribution in [0.2, 0.25) is 5.02 Å². The summed E-state index contributed by atoms with van der Waals surface area (Å²) in [5.74, 6) is 0.753. The van der Waals surface area contributed by atoms with Crippen molar-refractivity contribution in [2.24, 2.45) is 5.92 Å². The second-order valence-electron chi connectivity index (χ2n) is 6.12. The van der Waals surface area contributed by atoms with Crippen LogP contribution in [0.5, 0.6) is 0 Å². The molecule has 1 nitrogen and oxygen atoms in total. The van der Waals surface area contributed by atoms with Crippen molar-refractivity contribution in [2.75, 3.05) is 6.54 Å². The van der Waals surface area contributed by atoms with Gasteiger partial charge in [-0.2, -0.15) is 0 Å². The number of nitrogens with one attached hydrogen (secondary N) is 1. The molecule has 1 unspecified atom stereocenters. The van der Waals surface area contributed by atoms with Crippen molar-refractivity contribution in [1.29, 1.82) is 0 Å². The van der Waals surface area contributed by atoms with E-state index in [0.29, 0.717) is 6.04 Å². The second kappa shape index (κ2) is 6.81. The molecule has 112 valence electrons. The number of hydrogen-bond acceptors (Lipinski definition) is 1. The van der Waals surface area contributed by atoms with Gasteiger partial charge in [-0.3, -0.25) is 0 Å². The Labute approximate surface area is 132 Å². The first-order valence-electron chi connectivity index (χ1n) is 8.21. The Kier molecular flexibility index (Phi) is 4.82. The Morgan fingerprint density at radius 3 is 2.48 bits per heavy atom. The lowest BCUT2D eigenvalue weighted by atomic mass is 9.80. The summed E-state index contributed by atoms with van der Waals surface area (Å²) < 4.78 is 0. The lowest BCUT2D eigenvalue weighted by molar-refractivity contribution is 0.275. The van der Waals surface area contributed by atoms with Crippen LogP contribution in [0.4, 0.5) is 0 Å². The van der Waals surface area contributed by atoms with E-state index in [2.05, 4.69) is 48.6 Å². The van der Waals surface area contributed by atoms with E-state index >= 15 is 0 Å². The predicted octanol–water partition coefficient (Wildman–Crippen LogP) is 5.72. The molecule has 0 aliphatic heterocycles. The zero-order chi connectivity index (χ0) is 14.7. The summed E-state index contributed by atoms with van der Waals surface area (Å²) in [5.41, 5.74) is 1.42. The topological polar surface area (TPSA) is 12.0 Å². The Morgan fingerprint density at radius 1 is 1.05 bits per heavy atom. The third-order valence-corrected chi connectivity index (χ3v) is 5.11. The van der Waals surface area contributed by atoms with Crippen LogP contribution in [0.3, 0.4) is 0 Å². The minimum absolute atomic E-state index is 0.456. The highest BCUT2D eigenvalue weighted by Gasteiger charge is 2.25. The fourth-order valence-electron chi connectivity index (χ4n) is 3.77. The summed E-state index contributed by atoms with van der Waals surface area (Å²) in [7, 11) is 0. The zero-order valence-electron chi connectivity index (χ0n) is 12.7. The number of halogens is 1. The van der Waals surface area contributed by atoms with Gasteiger partial charge in [-0.1, -0.05) is 68.1 Å². The zero-order valence-corrected chi connectivity index (χ0v) is 13.5. The van der Waals surface area contributed by atoms with Gasteiger partial charge in [0.2, 0.25) is 0 Å². The summed E-state index contributed by atoms with van der Waals surface area (Å²) >= 11 is 6.38. The Bertz CT molecular complexity index is 602. The molecule has 2 aromatic carbocycles. The molecule has 0 aromatic heterocycles. The first-order valence-corrected chi connectivity index (χ1v) is 8.59. The van der Waals surface area contributed by atoms with Gasteiger partial charge in [0, 0.05) is 16.5 Å². The molecule has 3 rings (SSSR count). The lowest BCUT2D eigenvalue weighted by Crippen LogP contribution is -2.29. The highest BCUT2D eigenvalue weighted by atomic mass is 35.5. The summed E-state index contributed by atoms with van der Waals surface area (Å²) in [6, 6.07) is 13.3. The number of benzene rings is 2. The van der Waals surface area contributed by atoms with Crippen molar-refractivity contribution in [3.8, 4) is 0 Å². The molecule has 1 fully saturated rings. The SMILES string of the molecule is CCNC(c1ccc(Cl)c2ccccc12)C1CCCCC1. The quantitative estimate of drug-likeness (QED) is 0.761. The summed E-state index contributed by atoms with van der Waals surface area (Å²) in [4.78, 5) is 0. The minimum Gasteiger partial charge on any atom is -0.310 e. The molecule has 0 bridgehead atoms. The van der Waals surface area contributed by atoms with Crippen molar-refractivity contribution >= 4 is 22.4 Å². The molecular formula is C19H24ClN. The van der Waals surface area contributed by atoms with Gasteiger partial charge in [-0.15, -0.1) is 0 Å². The van der Waals surface area contributed by atoms with Gasteiger partial charge in [-0.25, -0.2) is 0 Å². The van der Waals surface area contributed by atoms with Gasteiger partial charge in [-0.05, 0) is 42.3 Å². The molecule has 1 aliphatic carbocycles. The van der Waals surface area contributed by atoms with E-state index in [1.807, 2.05) is 0 Å². The predicted molar refractivity (Wildman–Crippen MR) is 92.0 cm³/mol. The fourth-order valence-corrected chi connectivity index (χ4v) is 4.00. The van der Waals surface area contributed by atoms with Crippen molar-refractivity contribution in [3.63, 3.8) is 0 Å². The Hall–Kier alpha value is -1.05. The van der Waals surface area contributed by atoms with Crippen LogP contribution in [0.25, 0.3) is 10.8 Å². The number of hydrogen-bond donors (Lipinski definition) is 1. The molecular weight excluding hydrogens is 278 g/mol. The Balaban J connectivity index is 2.04. The van der Waals surface area contributed by atoms with Crippen LogP contribution >= 0.6 is 11.6 Å². The Morgan fingerprint density at radius 2 is 1.76 bits per heavy atom. The summed E-state index contributed by atoms with van der Waals surface area (Å²) in [6.45, 7) is 3.21. The molecule has 1 aliphatic rings. The van der Waals surface area contributed by atoms with Gasteiger partial charge >= 0.3 is 0 Å². The van der Waals surface area contributed by atoms with Gasteiger partial charge in [0.05, 0.1) is 0 Å². The van der Waals surface area contributed by atoms with Crippen LogP contribution in [-0.2, 0) is 0 Å². The smallest absolute Gasteiger partial charge is 0.0484 e. The van der Waals surface area contributed by atoms with E-state index in [-0.39, 0.29) is 0 Å². The van der Waals surface area contributed by atoms with Crippen LogP contribution in [-0.4, -0.2) is 6.54 Å². The average Bonchev–Trinajstić information content (AvgIpc) is 2.55. The van der Waals surface area contributed by atoms with E-state index in [1.54, 1.807) is 0 Å². The molecule has 0 radical (unpaired) electrons. The third-order valence-electron chi connectivity index (χ3n) is 4.78. The van der Waals surface area contributed by atoms with Gasteiger partial charge in [0.1, 0.15) is 0 Å². The first kappa shape index (κ1) is 14.9. The van der Waals surface area contributed by atoms with E-state index in [0.717, 1.165) is 17.5 Å². The van der Waals surface area contributed by atoms with Gasteiger partial charge < -0.3 is 5.32 Å². The summed E-state index contributed by atoms with van der Waals surface area (Å²) in [6.07, 6.45) is 6.83. The van der Waals surface area contributed by atoms with Crippen LogP contribution in [0.15, 0.2) is 36.4 Å². The minimum atomic E-state index is 0.456. The van der Waals surface area contributed by atoms with Crippen molar-refractivity contribution in [2.45, 2.75) is 45.1 Å². The lowest BCUT2D eigenvalue weighted by Gasteiger charge is -2.32. The van der Waals surface area contributed by atoms with Crippen LogP contribution in [0, 0.1) is 5.92 Å². The van der Waals surface area contributed by atoms with Crippen molar-refractivity contribution in [1.82, 2.24) is 5.32 Å². The number of fused-ring (bicyclic) bond motifs is 1. The third kappa shape index (κ3) is 3.09. The van der Waals surface area contributed by atoms with E-state index in [1.165, 1.54) is 48.4 Å². The van der Waals surface area contributed by atoms with Crippen molar-refractivity contribution in [3.05, 3.63) is 47.0 Å². The monoisotopic (exact) mass is 301 g/mol. The maximum atomic E-state index is 6.38. The normalized spacial score (nSPS) is 18.0. The summed E-state index contributed by atoms with van der Waals surface area (Å²) in [5, 5.41) is 7.08. The molecule has 0 saturated heterocycles. The largest absolute Gasteiger partial charge is 0.310 e. The molecule has 1 saturated carbocycles. The first-order chi connectivity index (χ1) is 10.3. The van der Waals surface area contributed by atoms with E-state index in [9.17, 15) is 0 Å². The number of rotatable bonds is 4. The molecule has 1 N–H and O–H groups in total. The average molecular weight is 302 g/mol. The molecule has 2 aromatic rings. The standard InChI is InChI=1S/C19H24ClN/c1-2-21-19(14-8-4-3-5-9-14)17-12-13-18(20)16-11-7-6-10-15(16)17/h6-7,10-14,19,21H,2-5,8-9H2,1H3. The molecule has 0 spiro atoms. The van der Waals surface area contributed by atoms with Gasteiger partial charge in [0.25, 0.3) is 0 Å². The van der Waals surface area contributed by atoms with Crippen LogP contribution < -0.4 is 5.32 Å². The van der Waals surface area contributed by atoms with E-state index < -0.39 is 0 Å². The van der Waals surface area contributed by atoms with E-state index in [4.69, 9.17) is 11.6 Å². The highest BCUT2D eigenvalue weighted by Crippen LogP contribution is 2.38. The van der Waals surface area contributed by atoms with Gasteiger partial charge in [0.15, 0.2) is 0 Å². The van der Waals surface area contributed by atoms with Crippen LogP contribution in [0.1, 0.15) is 50.6 Å². The highest BCUT2D eigenvalue weighted by molar-refractivity contribution is 6.35. The van der Waals surface area contributed by atoms with Crippen molar-refractivity contribution < 1.29 is 0 Å². The maximum absolute atomic E-state index is 6.38. The molecule has 21 heavy (non-hydrogen) atoms. The second-order valence-corrected chi connectivity index (χ2v) is 6.52. The molecule has 1 atom stereocenters. The maximum Gasteiger partial charge on any atom is 0.0484 e.